The number of rotatable bonds is 8. The maximum Gasteiger partial charge on any atom is 0.265 e. The maximum absolute atomic E-state index is 5.33. The molecule has 1 aliphatic carbocycles. The minimum atomic E-state index is 0.505. The molecule has 1 saturated carbocycles. The van der Waals surface area contributed by atoms with E-state index in [1.54, 1.807) is 0 Å². The van der Waals surface area contributed by atoms with E-state index in [-0.39, 0.29) is 0 Å². The van der Waals surface area contributed by atoms with Crippen molar-refractivity contribution in [3.63, 3.8) is 0 Å². The molecule has 1 aromatic heterocycles. The lowest BCUT2D eigenvalue weighted by atomic mass is 10.1. The van der Waals surface area contributed by atoms with E-state index in [2.05, 4.69) is 29.3 Å². The molecule has 5 nitrogen and oxygen atoms in total. The average Bonchev–Trinajstić information content (AvgIpc) is 3.13. The monoisotopic (exact) mass is 252 g/mol. The Hall–Kier alpha value is -1.10. The van der Waals surface area contributed by atoms with Crippen molar-refractivity contribution in [1.29, 1.82) is 0 Å². The van der Waals surface area contributed by atoms with Gasteiger partial charge in [-0.2, -0.15) is 4.98 Å². The molecule has 0 amide bonds. The van der Waals surface area contributed by atoms with Crippen LogP contribution in [-0.2, 0) is 6.42 Å². The van der Waals surface area contributed by atoms with Gasteiger partial charge in [0.05, 0.1) is 0 Å². The summed E-state index contributed by atoms with van der Waals surface area (Å²) in [6.07, 6.45) is 4.68. The van der Waals surface area contributed by atoms with Crippen molar-refractivity contribution in [3.05, 3.63) is 5.89 Å². The van der Waals surface area contributed by atoms with E-state index in [1.165, 1.54) is 12.8 Å². The van der Waals surface area contributed by atoms with Gasteiger partial charge in [0.2, 0.25) is 5.89 Å². The summed E-state index contributed by atoms with van der Waals surface area (Å²) in [4.78, 5) is 6.43. The standard InChI is InChI=1S/C13H24N4O/c1-4-8-14-11(10-6-7-10)9-12-15-13(16-18-12)17(3)5-2/h10-11,14H,4-9H2,1-3H3. The first-order valence-electron chi connectivity index (χ1n) is 7.01. The second-order valence-corrected chi connectivity index (χ2v) is 5.10. The van der Waals surface area contributed by atoms with E-state index in [4.69, 9.17) is 4.52 Å². The highest BCUT2D eigenvalue weighted by Crippen LogP contribution is 2.34. The molecule has 1 aliphatic rings. The molecule has 0 aliphatic heterocycles. The third kappa shape index (κ3) is 3.45. The molecule has 1 fully saturated rings. The average molecular weight is 252 g/mol. The van der Waals surface area contributed by atoms with Crippen LogP contribution >= 0.6 is 0 Å². The summed E-state index contributed by atoms with van der Waals surface area (Å²) in [6, 6.07) is 0.505. The van der Waals surface area contributed by atoms with Gasteiger partial charge in [-0.3, -0.25) is 0 Å². The normalized spacial score (nSPS) is 16.8. The Morgan fingerprint density at radius 3 is 2.83 bits per heavy atom. The van der Waals surface area contributed by atoms with E-state index >= 15 is 0 Å². The fraction of sp³-hybridized carbons (Fsp3) is 0.846. The Morgan fingerprint density at radius 1 is 1.44 bits per heavy atom. The molecular weight excluding hydrogens is 228 g/mol. The van der Waals surface area contributed by atoms with Crippen LogP contribution < -0.4 is 10.2 Å². The van der Waals surface area contributed by atoms with Gasteiger partial charge in [-0.1, -0.05) is 6.92 Å². The van der Waals surface area contributed by atoms with Gasteiger partial charge < -0.3 is 14.7 Å². The molecule has 1 aromatic rings. The summed E-state index contributed by atoms with van der Waals surface area (Å²) < 4.78 is 5.33. The molecule has 18 heavy (non-hydrogen) atoms. The fourth-order valence-electron chi connectivity index (χ4n) is 2.05. The van der Waals surface area contributed by atoms with Gasteiger partial charge in [0.15, 0.2) is 0 Å². The summed E-state index contributed by atoms with van der Waals surface area (Å²) in [5.74, 6) is 2.25. The summed E-state index contributed by atoms with van der Waals surface area (Å²) in [7, 11) is 1.97. The number of anilines is 1. The van der Waals surface area contributed by atoms with Crippen molar-refractivity contribution in [2.24, 2.45) is 5.92 Å². The van der Waals surface area contributed by atoms with E-state index in [0.717, 1.165) is 37.7 Å². The van der Waals surface area contributed by atoms with Crippen molar-refractivity contribution >= 4 is 5.95 Å². The van der Waals surface area contributed by atoms with Crippen LogP contribution in [0.5, 0.6) is 0 Å². The number of nitrogens with one attached hydrogen (secondary N) is 1. The molecule has 2 rings (SSSR count). The molecule has 1 unspecified atom stereocenters. The van der Waals surface area contributed by atoms with Gasteiger partial charge in [-0.15, -0.1) is 0 Å². The van der Waals surface area contributed by atoms with Crippen LogP contribution in [0, 0.1) is 5.92 Å². The molecule has 102 valence electrons. The Labute approximate surface area is 109 Å². The minimum absolute atomic E-state index is 0.505. The molecule has 0 bridgehead atoms. The van der Waals surface area contributed by atoms with Gasteiger partial charge in [0.25, 0.3) is 5.95 Å². The highest BCUT2D eigenvalue weighted by Gasteiger charge is 2.32. The first-order valence-corrected chi connectivity index (χ1v) is 7.01. The Morgan fingerprint density at radius 2 is 2.22 bits per heavy atom. The molecule has 0 saturated heterocycles. The van der Waals surface area contributed by atoms with Crippen molar-refractivity contribution in [2.45, 2.75) is 45.6 Å². The van der Waals surface area contributed by atoms with Crippen molar-refractivity contribution in [1.82, 2.24) is 15.5 Å². The second kappa shape index (κ2) is 6.18. The highest BCUT2D eigenvalue weighted by molar-refractivity contribution is 5.25. The summed E-state index contributed by atoms with van der Waals surface area (Å²) >= 11 is 0. The van der Waals surface area contributed by atoms with E-state index in [0.29, 0.717) is 12.0 Å². The van der Waals surface area contributed by atoms with Crippen LogP contribution in [0.25, 0.3) is 0 Å². The zero-order valence-electron chi connectivity index (χ0n) is 11.6. The van der Waals surface area contributed by atoms with Crippen LogP contribution in [0.1, 0.15) is 39.0 Å². The Kier molecular flexibility index (Phi) is 4.58. The van der Waals surface area contributed by atoms with Crippen molar-refractivity contribution in [2.75, 3.05) is 25.0 Å². The number of nitrogens with zero attached hydrogens (tertiary/aromatic N) is 3. The van der Waals surface area contributed by atoms with Gasteiger partial charge in [-0.25, -0.2) is 0 Å². The van der Waals surface area contributed by atoms with Crippen molar-refractivity contribution in [3.8, 4) is 0 Å². The summed E-state index contributed by atoms with van der Waals surface area (Å²) in [6.45, 7) is 6.22. The molecule has 1 heterocycles. The lowest BCUT2D eigenvalue weighted by Gasteiger charge is -2.15. The quantitative estimate of drug-likeness (QED) is 0.765. The molecule has 0 aromatic carbocycles. The maximum atomic E-state index is 5.33. The largest absolute Gasteiger partial charge is 0.342 e. The Balaban J connectivity index is 1.91. The van der Waals surface area contributed by atoms with Gasteiger partial charge in [-0.05, 0) is 43.8 Å². The lowest BCUT2D eigenvalue weighted by Crippen LogP contribution is -2.33. The Bertz CT molecular complexity index is 362. The number of aromatic nitrogens is 2. The number of hydrogen-bond donors (Lipinski definition) is 1. The third-order valence-corrected chi connectivity index (χ3v) is 3.52. The van der Waals surface area contributed by atoms with Crippen molar-refractivity contribution < 1.29 is 4.52 Å². The molecular formula is C13H24N4O. The molecule has 5 heteroatoms. The predicted molar refractivity (Wildman–Crippen MR) is 71.8 cm³/mol. The van der Waals surface area contributed by atoms with Crippen LogP contribution in [0.4, 0.5) is 5.95 Å². The van der Waals surface area contributed by atoms with E-state index in [9.17, 15) is 0 Å². The van der Waals surface area contributed by atoms with E-state index < -0.39 is 0 Å². The SMILES string of the molecule is CCCNC(Cc1nc(N(C)CC)no1)C1CC1. The minimum Gasteiger partial charge on any atom is -0.342 e. The van der Waals surface area contributed by atoms with Crippen LogP contribution in [-0.4, -0.2) is 36.3 Å². The van der Waals surface area contributed by atoms with Crippen LogP contribution in [0.3, 0.4) is 0 Å². The molecule has 0 spiro atoms. The van der Waals surface area contributed by atoms with E-state index in [1.807, 2.05) is 11.9 Å². The first-order chi connectivity index (χ1) is 8.74. The molecule has 1 N–H and O–H groups in total. The highest BCUT2D eigenvalue weighted by atomic mass is 16.5. The van der Waals surface area contributed by atoms with Crippen LogP contribution in [0.2, 0.25) is 0 Å². The second-order valence-electron chi connectivity index (χ2n) is 5.10. The van der Waals surface area contributed by atoms with Gasteiger partial charge in [0, 0.05) is 26.1 Å². The molecule has 1 atom stereocenters. The van der Waals surface area contributed by atoms with Gasteiger partial charge in [0.1, 0.15) is 0 Å². The first kappa shape index (κ1) is 13.3. The molecule has 0 radical (unpaired) electrons. The fourth-order valence-corrected chi connectivity index (χ4v) is 2.05. The topological polar surface area (TPSA) is 54.2 Å². The summed E-state index contributed by atoms with van der Waals surface area (Å²) in [5.41, 5.74) is 0. The predicted octanol–water partition coefficient (Wildman–Crippen LogP) is 1.85. The lowest BCUT2D eigenvalue weighted by molar-refractivity contribution is 0.345. The smallest absolute Gasteiger partial charge is 0.265 e. The zero-order chi connectivity index (χ0) is 13.0. The zero-order valence-corrected chi connectivity index (χ0v) is 11.6. The van der Waals surface area contributed by atoms with Crippen LogP contribution in [0.15, 0.2) is 4.52 Å². The van der Waals surface area contributed by atoms with Gasteiger partial charge >= 0.3 is 0 Å². The third-order valence-electron chi connectivity index (χ3n) is 3.52. The number of hydrogen-bond acceptors (Lipinski definition) is 5. The summed E-state index contributed by atoms with van der Waals surface area (Å²) in [5, 5.41) is 7.60.